The molecule has 2 N–H and O–H groups in total. The van der Waals surface area contributed by atoms with Gasteiger partial charge in [0.15, 0.2) is 11.0 Å². The van der Waals surface area contributed by atoms with Crippen molar-refractivity contribution >= 4 is 23.7 Å². The summed E-state index contributed by atoms with van der Waals surface area (Å²) in [6, 6.07) is 7.08. The van der Waals surface area contributed by atoms with E-state index in [1.54, 1.807) is 7.11 Å². The number of methoxy groups -OCH3 is 1. The molecular formula is C18H25N5O3S. The summed E-state index contributed by atoms with van der Waals surface area (Å²) >= 11 is 1.24. The predicted molar refractivity (Wildman–Crippen MR) is 105 cm³/mol. The average molecular weight is 391 g/mol. The number of ether oxygens (including phenoxy) is 1. The van der Waals surface area contributed by atoms with Crippen molar-refractivity contribution in [1.82, 2.24) is 25.4 Å². The highest BCUT2D eigenvalue weighted by Crippen LogP contribution is 2.25. The Hall–Kier alpha value is -2.55. The summed E-state index contributed by atoms with van der Waals surface area (Å²) in [4.78, 5) is 23.7. The number of nitrogens with one attached hydrogen (secondary N) is 2. The Morgan fingerprint density at radius 3 is 2.52 bits per heavy atom. The van der Waals surface area contributed by atoms with Gasteiger partial charge in [-0.2, -0.15) is 0 Å². The zero-order valence-electron chi connectivity index (χ0n) is 16.0. The van der Waals surface area contributed by atoms with Crippen LogP contribution in [0.25, 0.3) is 11.4 Å². The lowest BCUT2D eigenvalue weighted by Gasteiger charge is -2.11. The fourth-order valence-corrected chi connectivity index (χ4v) is 3.09. The van der Waals surface area contributed by atoms with Gasteiger partial charge in [-0.05, 0) is 44.5 Å². The molecule has 8 nitrogen and oxygen atoms in total. The number of carbonyl (C=O) groups is 2. The van der Waals surface area contributed by atoms with E-state index >= 15 is 0 Å². The maximum absolute atomic E-state index is 12.0. The molecule has 146 valence electrons. The third-order valence-electron chi connectivity index (χ3n) is 3.96. The second-order valence-electron chi connectivity index (χ2n) is 5.90. The van der Waals surface area contributed by atoms with E-state index in [0.29, 0.717) is 11.7 Å². The monoisotopic (exact) mass is 391 g/mol. The molecular weight excluding hydrogens is 366 g/mol. The standard InChI is InChI=1S/C18H25N5O3S/c1-5-12(3)19-17(25)20-15(24)11-27-18-22-21-16(23(18)6-2)13-7-9-14(26-4)10-8-13/h7-10,12H,5-6,11H2,1-4H3,(H2,19,20,24,25)/t12-/m0/s1. The number of nitrogens with zero attached hydrogens (tertiary/aromatic N) is 3. The molecule has 0 fully saturated rings. The van der Waals surface area contributed by atoms with Crippen LogP contribution in [0.3, 0.4) is 0 Å². The lowest BCUT2D eigenvalue weighted by molar-refractivity contribution is -0.117. The van der Waals surface area contributed by atoms with Gasteiger partial charge >= 0.3 is 6.03 Å². The van der Waals surface area contributed by atoms with Crippen molar-refractivity contribution in [1.29, 1.82) is 0 Å². The Morgan fingerprint density at radius 1 is 1.22 bits per heavy atom. The molecule has 3 amide bonds. The molecule has 1 atom stereocenters. The second-order valence-corrected chi connectivity index (χ2v) is 6.84. The number of hydrogen-bond donors (Lipinski definition) is 2. The minimum absolute atomic E-state index is 0.0145. The SMILES string of the molecule is CC[C@H](C)NC(=O)NC(=O)CSc1nnc(-c2ccc(OC)cc2)n1CC. The quantitative estimate of drug-likeness (QED) is 0.672. The van der Waals surface area contributed by atoms with Gasteiger partial charge in [-0.1, -0.05) is 18.7 Å². The number of benzene rings is 1. The number of thioether (sulfide) groups is 1. The van der Waals surface area contributed by atoms with Gasteiger partial charge in [-0.25, -0.2) is 4.79 Å². The van der Waals surface area contributed by atoms with E-state index in [1.165, 1.54) is 11.8 Å². The molecule has 0 saturated carbocycles. The Balaban J connectivity index is 1.99. The van der Waals surface area contributed by atoms with Gasteiger partial charge in [0.25, 0.3) is 0 Å². The third-order valence-corrected chi connectivity index (χ3v) is 4.92. The van der Waals surface area contributed by atoms with Crippen LogP contribution in [0.1, 0.15) is 27.2 Å². The molecule has 0 bridgehead atoms. The van der Waals surface area contributed by atoms with Gasteiger partial charge in [0.1, 0.15) is 5.75 Å². The number of carbonyl (C=O) groups excluding carboxylic acids is 2. The van der Waals surface area contributed by atoms with Crippen molar-refractivity contribution in [3.8, 4) is 17.1 Å². The van der Waals surface area contributed by atoms with Crippen LogP contribution in [0.4, 0.5) is 4.79 Å². The van der Waals surface area contributed by atoms with E-state index in [2.05, 4.69) is 20.8 Å². The van der Waals surface area contributed by atoms with Crippen LogP contribution in [-0.4, -0.2) is 45.6 Å². The Labute approximate surface area is 163 Å². The maximum atomic E-state index is 12.0. The first-order valence-electron chi connectivity index (χ1n) is 8.79. The highest BCUT2D eigenvalue weighted by atomic mass is 32.2. The molecule has 0 aliphatic heterocycles. The molecule has 9 heteroatoms. The summed E-state index contributed by atoms with van der Waals surface area (Å²) in [5.74, 6) is 1.19. The number of urea groups is 1. The minimum Gasteiger partial charge on any atom is -0.497 e. The molecule has 0 aliphatic carbocycles. The normalized spacial score (nSPS) is 11.7. The molecule has 0 radical (unpaired) electrons. The Morgan fingerprint density at radius 2 is 1.93 bits per heavy atom. The zero-order valence-corrected chi connectivity index (χ0v) is 16.8. The largest absolute Gasteiger partial charge is 0.497 e. The van der Waals surface area contributed by atoms with Gasteiger partial charge in [-0.15, -0.1) is 10.2 Å². The van der Waals surface area contributed by atoms with Crippen LogP contribution in [0.15, 0.2) is 29.4 Å². The van der Waals surface area contributed by atoms with Gasteiger partial charge in [0.05, 0.1) is 12.9 Å². The Bertz CT molecular complexity index is 776. The fraction of sp³-hybridized carbons (Fsp3) is 0.444. The lowest BCUT2D eigenvalue weighted by Crippen LogP contribution is -2.43. The van der Waals surface area contributed by atoms with Crippen LogP contribution in [-0.2, 0) is 11.3 Å². The summed E-state index contributed by atoms with van der Waals surface area (Å²) in [7, 11) is 1.62. The lowest BCUT2D eigenvalue weighted by atomic mass is 10.2. The summed E-state index contributed by atoms with van der Waals surface area (Å²) in [6.07, 6.45) is 0.796. The van der Waals surface area contributed by atoms with Crippen molar-refractivity contribution in [2.24, 2.45) is 0 Å². The third kappa shape index (κ3) is 5.72. The molecule has 0 aliphatic rings. The molecule has 27 heavy (non-hydrogen) atoms. The van der Waals surface area contributed by atoms with Gasteiger partial charge in [0.2, 0.25) is 5.91 Å². The van der Waals surface area contributed by atoms with E-state index < -0.39 is 6.03 Å². The number of aromatic nitrogens is 3. The number of rotatable bonds is 8. The average Bonchev–Trinajstić information content (AvgIpc) is 3.09. The summed E-state index contributed by atoms with van der Waals surface area (Å²) < 4.78 is 7.10. The van der Waals surface area contributed by atoms with Crippen LogP contribution >= 0.6 is 11.8 Å². The maximum Gasteiger partial charge on any atom is 0.321 e. The first kappa shape index (κ1) is 20.8. The minimum atomic E-state index is -0.481. The summed E-state index contributed by atoms with van der Waals surface area (Å²) in [5, 5.41) is 14.1. The molecule has 1 aromatic carbocycles. The number of amides is 3. The highest BCUT2D eigenvalue weighted by molar-refractivity contribution is 7.99. The first-order chi connectivity index (χ1) is 13.0. The van der Waals surface area contributed by atoms with Crippen LogP contribution in [0.2, 0.25) is 0 Å². The fourth-order valence-electron chi connectivity index (χ4n) is 2.29. The molecule has 2 rings (SSSR count). The van der Waals surface area contributed by atoms with Crippen LogP contribution in [0, 0.1) is 0 Å². The van der Waals surface area contributed by atoms with Crippen LogP contribution in [0.5, 0.6) is 5.75 Å². The van der Waals surface area contributed by atoms with Crippen molar-refractivity contribution in [2.45, 2.75) is 44.9 Å². The van der Waals surface area contributed by atoms with Crippen molar-refractivity contribution in [2.75, 3.05) is 12.9 Å². The topological polar surface area (TPSA) is 98.1 Å². The molecule has 0 saturated heterocycles. The van der Waals surface area contributed by atoms with Gasteiger partial charge < -0.3 is 14.6 Å². The zero-order chi connectivity index (χ0) is 19.8. The van der Waals surface area contributed by atoms with Crippen molar-refractivity contribution in [3.05, 3.63) is 24.3 Å². The van der Waals surface area contributed by atoms with E-state index in [4.69, 9.17) is 4.74 Å². The van der Waals surface area contributed by atoms with E-state index in [-0.39, 0.29) is 17.7 Å². The smallest absolute Gasteiger partial charge is 0.321 e. The predicted octanol–water partition coefficient (Wildman–Crippen LogP) is 2.69. The molecule has 1 heterocycles. The molecule has 0 spiro atoms. The van der Waals surface area contributed by atoms with Crippen molar-refractivity contribution in [3.63, 3.8) is 0 Å². The Kier molecular flexibility index (Phi) is 7.66. The van der Waals surface area contributed by atoms with E-state index in [0.717, 1.165) is 23.6 Å². The summed E-state index contributed by atoms with van der Waals surface area (Å²) in [5.41, 5.74) is 0.911. The number of hydrogen-bond acceptors (Lipinski definition) is 6. The highest BCUT2D eigenvalue weighted by Gasteiger charge is 2.16. The van der Waals surface area contributed by atoms with E-state index in [9.17, 15) is 9.59 Å². The van der Waals surface area contributed by atoms with Gasteiger partial charge in [-0.3, -0.25) is 10.1 Å². The second kappa shape index (κ2) is 9.96. The van der Waals surface area contributed by atoms with E-state index in [1.807, 2.05) is 49.6 Å². The van der Waals surface area contributed by atoms with Crippen molar-refractivity contribution < 1.29 is 14.3 Å². The summed E-state index contributed by atoms with van der Waals surface area (Å²) in [6.45, 7) is 6.48. The van der Waals surface area contributed by atoms with Gasteiger partial charge in [0, 0.05) is 18.2 Å². The molecule has 1 aromatic heterocycles. The number of imide groups is 1. The molecule has 2 aromatic rings. The van der Waals surface area contributed by atoms with Crippen LogP contribution < -0.4 is 15.4 Å². The first-order valence-corrected chi connectivity index (χ1v) is 9.77. The molecule has 0 unspecified atom stereocenters.